The third-order valence-corrected chi connectivity index (χ3v) is 13.4. The van der Waals surface area contributed by atoms with Crippen LogP contribution in [0.1, 0.15) is 52.9 Å². The molecule has 14 heteroatoms. The summed E-state index contributed by atoms with van der Waals surface area (Å²) in [6.07, 6.45) is -11.7. The number of carbonyl (C=O) groups excluding carboxylic acids is 2. The Labute approximate surface area is 277 Å². The van der Waals surface area contributed by atoms with Gasteiger partial charge < -0.3 is 55.4 Å². The summed E-state index contributed by atoms with van der Waals surface area (Å²) in [5.74, 6) is -4.57. The molecule has 2 heterocycles. The van der Waals surface area contributed by atoms with E-state index in [1.807, 2.05) is 0 Å². The van der Waals surface area contributed by atoms with Gasteiger partial charge in [0, 0.05) is 23.2 Å². The van der Waals surface area contributed by atoms with Crippen LogP contribution in [-0.2, 0) is 19.1 Å². The van der Waals surface area contributed by atoms with E-state index in [1.165, 1.54) is 18.2 Å². The monoisotopic (exact) mass is 684 g/mol. The fourth-order valence-corrected chi connectivity index (χ4v) is 10.8. The molecule has 0 aromatic carbocycles. The first-order valence-corrected chi connectivity index (χ1v) is 16.9. The topological polar surface area (TPSA) is 235 Å². The highest BCUT2D eigenvalue weighted by Gasteiger charge is 2.77. The molecule has 2 unspecified atom stereocenters. The summed E-state index contributed by atoms with van der Waals surface area (Å²) in [6.45, 7) is 3.57. The van der Waals surface area contributed by atoms with Crippen molar-refractivity contribution in [2.75, 3.05) is 13.2 Å². The van der Waals surface area contributed by atoms with Gasteiger partial charge >= 0.3 is 0 Å². The van der Waals surface area contributed by atoms with E-state index in [-0.39, 0.29) is 25.0 Å². The fraction of sp³-hybridized carbons (Fsp3) is 0.824. The number of ether oxygens (including phenoxy) is 2. The number of hydrogen-bond acceptors (Lipinski definition) is 13. The normalized spacial score (nSPS) is 55.0. The first-order chi connectivity index (χ1) is 22.4. The van der Waals surface area contributed by atoms with E-state index in [9.17, 15) is 55.5 Å². The van der Waals surface area contributed by atoms with Crippen molar-refractivity contribution >= 4 is 11.6 Å². The number of halogens is 1. The maximum absolute atomic E-state index is 18.8. The van der Waals surface area contributed by atoms with Crippen molar-refractivity contribution in [2.45, 2.75) is 125 Å². The van der Waals surface area contributed by atoms with Crippen LogP contribution in [0.3, 0.4) is 0 Å². The van der Waals surface area contributed by atoms with E-state index in [0.717, 1.165) is 0 Å². The maximum Gasteiger partial charge on any atom is 0.178 e. The quantitative estimate of drug-likeness (QED) is 0.151. The lowest BCUT2D eigenvalue weighted by Gasteiger charge is -2.65. The van der Waals surface area contributed by atoms with Gasteiger partial charge in [0.15, 0.2) is 11.6 Å². The molecular formula is C34H49FO13. The number of rotatable bonds is 6. The molecule has 3 saturated carbocycles. The van der Waals surface area contributed by atoms with Gasteiger partial charge in [-0.3, -0.25) is 9.59 Å². The van der Waals surface area contributed by atoms with Crippen molar-refractivity contribution in [1.29, 1.82) is 0 Å². The van der Waals surface area contributed by atoms with Crippen molar-refractivity contribution in [3.63, 3.8) is 0 Å². The predicted octanol–water partition coefficient (Wildman–Crippen LogP) is -1.77. The number of alkyl halides is 1. The van der Waals surface area contributed by atoms with E-state index in [4.69, 9.17) is 9.47 Å². The molecule has 0 aromatic heterocycles. The molecule has 4 aliphatic carbocycles. The van der Waals surface area contributed by atoms with Gasteiger partial charge in [-0.05, 0) is 62.5 Å². The smallest absolute Gasteiger partial charge is 0.178 e. The predicted molar refractivity (Wildman–Crippen MR) is 162 cm³/mol. The Morgan fingerprint density at radius 1 is 0.875 bits per heavy atom. The molecule has 18 atom stereocenters. The van der Waals surface area contributed by atoms with Gasteiger partial charge in [-0.15, -0.1) is 0 Å². The first-order valence-electron chi connectivity index (χ1n) is 16.9. The van der Waals surface area contributed by atoms with E-state index in [0.29, 0.717) is 12.0 Å². The van der Waals surface area contributed by atoms with Crippen molar-refractivity contribution in [3.05, 3.63) is 23.8 Å². The third kappa shape index (κ3) is 4.75. The molecule has 0 aromatic rings. The summed E-state index contributed by atoms with van der Waals surface area (Å²) in [4.78, 5) is 26.8. The zero-order valence-electron chi connectivity index (χ0n) is 27.3. The van der Waals surface area contributed by atoms with Gasteiger partial charge in [0.2, 0.25) is 0 Å². The van der Waals surface area contributed by atoms with Crippen LogP contribution < -0.4 is 0 Å². The molecule has 13 nitrogen and oxygen atoms in total. The Bertz CT molecular complexity index is 1350. The molecule has 6 aliphatic rings. The standard InChI is InChI=1S/C34H49FO13/c1-14-8-18-17-5-4-15-9-16(38)6-7-31(15,2)33(17,35)19(30-29(45)28(44)26(42)22(13-37)48-30)11-32(18,3)34(14,46)23(39)10-20-24(40)27(43)25(41)21(12-36)47-20/h6-7,9,14,17-22,24-30,36-37,40-46H,4-5,8,10-13H2,1-3H3/t14?,17-,18-,19?,20-,21+,22+,24-,25-,26-,27+,28-,29+,30-,31-,32-,33-,34-/m0/s1. The largest absolute Gasteiger partial charge is 0.394 e. The number of ketones is 2. The number of fused-ring (bicyclic) bond motifs is 5. The fourth-order valence-electron chi connectivity index (χ4n) is 10.8. The lowest BCUT2D eigenvalue weighted by Crippen LogP contribution is -2.72. The Kier molecular flexibility index (Phi) is 9.20. The Morgan fingerprint density at radius 2 is 1.46 bits per heavy atom. The molecule has 0 radical (unpaired) electrons. The zero-order valence-corrected chi connectivity index (χ0v) is 27.3. The second kappa shape index (κ2) is 12.2. The summed E-state index contributed by atoms with van der Waals surface area (Å²) < 4.78 is 30.4. The van der Waals surface area contributed by atoms with E-state index >= 15 is 4.39 Å². The minimum Gasteiger partial charge on any atom is -0.394 e. The van der Waals surface area contributed by atoms with E-state index in [2.05, 4.69) is 0 Å². The highest BCUT2D eigenvalue weighted by atomic mass is 19.1. The molecule has 48 heavy (non-hydrogen) atoms. The highest BCUT2D eigenvalue weighted by Crippen LogP contribution is 2.73. The third-order valence-electron chi connectivity index (χ3n) is 13.4. The average Bonchev–Trinajstić information content (AvgIpc) is 3.26. The van der Waals surface area contributed by atoms with Crippen molar-refractivity contribution in [1.82, 2.24) is 0 Å². The summed E-state index contributed by atoms with van der Waals surface area (Å²) in [6, 6.07) is 0. The minimum atomic E-state index is -2.25. The number of allylic oxidation sites excluding steroid dienone is 4. The van der Waals surface area contributed by atoms with Gasteiger partial charge in [-0.25, -0.2) is 4.39 Å². The van der Waals surface area contributed by atoms with Gasteiger partial charge in [-0.1, -0.05) is 25.5 Å². The summed E-state index contributed by atoms with van der Waals surface area (Å²) in [5, 5.41) is 96.3. The van der Waals surface area contributed by atoms with Crippen LogP contribution in [0.2, 0.25) is 0 Å². The number of hydrogen-bond donors (Lipinski definition) is 9. The van der Waals surface area contributed by atoms with Crippen molar-refractivity contribution < 1.29 is 69.4 Å². The number of aliphatic hydroxyl groups is 9. The second-order valence-electron chi connectivity index (χ2n) is 15.5. The molecule has 0 spiro atoms. The van der Waals surface area contributed by atoms with Crippen LogP contribution in [0.4, 0.5) is 4.39 Å². The second-order valence-corrected chi connectivity index (χ2v) is 15.5. The van der Waals surface area contributed by atoms with Crippen molar-refractivity contribution in [2.24, 2.45) is 34.5 Å². The Hall–Kier alpha value is -1.69. The minimum absolute atomic E-state index is 0.225. The molecule has 2 aliphatic heterocycles. The lowest BCUT2D eigenvalue weighted by atomic mass is 9.41. The highest BCUT2D eigenvalue weighted by molar-refractivity contribution is 6.01. The van der Waals surface area contributed by atoms with Crippen LogP contribution >= 0.6 is 0 Å². The van der Waals surface area contributed by atoms with Crippen LogP contribution in [0, 0.1) is 34.5 Å². The molecule has 270 valence electrons. The molecule has 5 fully saturated rings. The van der Waals surface area contributed by atoms with Crippen LogP contribution in [0.15, 0.2) is 23.8 Å². The number of Topliss-reactive ketones (excluding diaryl/α,β-unsaturated/α-hetero) is 1. The molecular weight excluding hydrogens is 635 g/mol. The number of aliphatic hydroxyl groups excluding tert-OH is 8. The van der Waals surface area contributed by atoms with Crippen molar-refractivity contribution in [3.8, 4) is 0 Å². The molecule has 0 amide bonds. The molecule has 9 N–H and O–H groups in total. The van der Waals surface area contributed by atoms with Gasteiger partial charge in [0.05, 0.1) is 25.4 Å². The molecule has 6 rings (SSSR count). The molecule has 2 saturated heterocycles. The summed E-state index contributed by atoms with van der Waals surface area (Å²) >= 11 is 0. The van der Waals surface area contributed by atoms with E-state index < -0.39 is 132 Å². The van der Waals surface area contributed by atoms with Gasteiger partial charge in [0.25, 0.3) is 0 Å². The average molecular weight is 685 g/mol. The molecule has 0 bridgehead atoms. The Morgan fingerprint density at radius 3 is 2.08 bits per heavy atom. The maximum atomic E-state index is 18.8. The first kappa shape index (κ1) is 36.1. The van der Waals surface area contributed by atoms with Crippen LogP contribution in [0.25, 0.3) is 0 Å². The lowest BCUT2D eigenvalue weighted by molar-refractivity contribution is -0.284. The van der Waals surface area contributed by atoms with Crippen LogP contribution in [0.5, 0.6) is 0 Å². The van der Waals surface area contributed by atoms with Gasteiger partial charge in [0.1, 0.15) is 60.1 Å². The van der Waals surface area contributed by atoms with E-state index in [1.54, 1.807) is 20.8 Å². The summed E-state index contributed by atoms with van der Waals surface area (Å²) in [5.41, 5.74) is -6.62. The Balaban J connectivity index is 1.44. The number of carbonyl (C=O) groups is 2. The SMILES string of the molecule is CC1C[C@H]2[C@@H]3CCC4=CC(=O)C=C[C@]4(C)[C@@]3(F)C([C@@H]3O[C@H](CO)[C@H](O)[C@H](O)[C@H]3O)C[C@]2(C)[C@@]1(O)C(=O)C[C@@H]1O[C@H](CO)[C@H](O)[C@H](O)[C@H]1O. The zero-order chi connectivity index (χ0) is 35.3. The van der Waals surface area contributed by atoms with Crippen LogP contribution in [-0.4, -0.2) is 143 Å². The summed E-state index contributed by atoms with van der Waals surface area (Å²) in [7, 11) is 0. The van der Waals surface area contributed by atoms with Gasteiger partial charge in [-0.2, -0.15) is 0 Å².